The first-order valence-electron chi connectivity index (χ1n) is 6.78. The summed E-state index contributed by atoms with van der Waals surface area (Å²) in [7, 11) is 0. The van der Waals surface area contributed by atoms with Crippen LogP contribution in [0.4, 0.5) is 13.2 Å². The molecule has 0 bridgehead atoms. The molecule has 1 rings (SSSR count). The van der Waals surface area contributed by atoms with Crippen molar-refractivity contribution in [1.82, 2.24) is 15.1 Å². The number of alkyl halides is 3. The van der Waals surface area contributed by atoms with Crippen molar-refractivity contribution in [2.75, 3.05) is 6.61 Å². The second-order valence-electron chi connectivity index (χ2n) is 5.29. The van der Waals surface area contributed by atoms with Gasteiger partial charge in [-0.25, -0.2) is 9.48 Å². The Kier molecular flexibility index (Phi) is 5.57. The summed E-state index contributed by atoms with van der Waals surface area (Å²) in [5, 5.41) is 6.12. The van der Waals surface area contributed by atoms with Crippen molar-refractivity contribution < 1.29 is 27.5 Å². The molecule has 0 atom stereocenters. The van der Waals surface area contributed by atoms with Gasteiger partial charge in [-0.15, -0.1) is 0 Å². The molecule has 0 aliphatic carbocycles. The number of aromatic nitrogens is 2. The summed E-state index contributed by atoms with van der Waals surface area (Å²) in [4.78, 5) is 22.7. The van der Waals surface area contributed by atoms with Crippen molar-refractivity contribution in [3.8, 4) is 0 Å². The lowest BCUT2D eigenvalue weighted by Crippen LogP contribution is -2.40. The van der Waals surface area contributed by atoms with E-state index in [2.05, 4.69) is 15.2 Å². The van der Waals surface area contributed by atoms with E-state index < -0.39 is 28.9 Å². The Bertz CT molecular complexity index is 619. The van der Waals surface area contributed by atoms with Crippen LogP contribution in [0.1, 0.15) is 43.7 Å². The fourth-order valence-corrected chi connectivity index (χ4v) is 1.87. The average molecular weight is 333 g/mol. The second-order valence-corrected chi connectivity index (χ2v) is 5.29. The van der Waals surface area contributed by atoms with E-state index in [-0.39, 0.29) is 12.5 Å². The van der Waals surface area contributed by atoms with Crippen molar-refractivity contribution in [2.45, 2.75) is 39.4 Å². The largest absolute Gasteiger partial charge is 0.462 e. The van der Waals surface area contributed by atoms with Crippen LogP contribution < -0.4 is 5.32 Å². The van der Waals surface area contributed by atoms with Crippen molar-refractivity contribution in [3.05, 3.63) is 23.5 Å². The van der Waals surface area contributed by atoms with Crippen LogP contribution in [0.15, 0.2) is 12.3 Å². The minimum Gasteiger partial charge on any atom is -0.462 e. The number of hydrogen-bond acceptors (Lipinski definition) is 4. The highest BCUT2D eigenvalue weighted by molar-refractivity contribution is 5.90. The third kappa shape index (κ3) is 5.11. The third-order valence-electron chi connectivity index (χ3n) is 2.69. The molecule has 0 aliphatic heterocycles. The maximum Gasteiger partial charge on any atom is 0.434 e. The van der Waals surface area contributed by atoms with Gasteiger partial charge in [0.2, 0.25) is 5.91 Å². The SMILES string of the molecule is CCOC(=O)c1cnn(C=CC(C)(C)NC(C)=O)c1C(F)(F)F. The summed E-state index contributed by atoms with van der Waals surface area (Å²) < 4.78 is 44.7. The first-order valence-corrected chi connectivity index (χ1v) is 6.78. The molecule has 1 N–H and O–H groups in total. The van der Waals surface area contributed by atoms with Crippen LogP contribution in [0.25, 0.3) is 6.20 Å². The van der Waals surface area contributed by atoms with Gasteiger partial charge in [0, 0.05) is 13.1 Å². The summed E-state index contributed by atoms with van der Waals surface area (Å²) in [6.45, 7) is 5.95. The van der Waals surface area contributed by atoms with Gasteiger partial charge in [0.25, 0.3) is 0 Å². The number of nitrogens with zero attached hydrogens (tertiary/aromatic N) is 2. The molecule has 0 saturated heterocycles. The van der Waals surface area contributed by atoms with Crippen molar-refractivity contribution in [1.29, 1.82) is 0 Å². The molecular formula is C14H18F3N3O3. The van der Waals surface area contributed by atoms with E-state index in [0.717, 1.165) is 12.4 Å². The molecule has 0 radical (unpaired) electrons. The molecule has 0 saturated carbocycles. The molecule has 6 nitrogen and oxygen atoms in total. The molecule has 9 heteroatoms. The first-order chi connectivity index (χ1) is 10.5. The molecule has 1 heterocycles. The number of carbonyl (C=O) groups excluding carboxylic acids is 2. The maximum absolute atomic E-state index is 13.2. The van der Waals surface area contributed by atoms with Gasteiger partial charge >= 0.3 is 12.1 Å². The standard InChI is InChI=1S/C14H18F3N3O3/c1-5-23-12(22)10-8-18-20(11(10)14(15,16)17)7-6-13(3,4)19-9(2)21/h6-8H,5H2,1-4H3,(H,19,21). The monoisotopic (exact) mass is 333 g/mol. The zero-order valence-electron chi connectivity index (χ0n) is 13.2. The predicted octanol–water partition coefficient (Wildman–Crippen LogP) is 2.46. The third-order valence-corrected chi connectivity index (χ3v) is 2.69. The molecule has 0 fully saturated rings. The van der Waals surface area contributed by atoms with Crippen LogP contribution >= 0.6 is 0 Å². The lowest BCUT2D eigenvalue weighted by atomic mass is 10.1. The quantitative estimate of drug-likeness (QED) is 0.840. The summed E-state index contributed by atoms with van der Waals surface area (Å²) >= 11 is 0. The Morgan fingerprint density at radius 2 is 2.00 bits per heavy atom. The Morgan fingerprint density at radius 1 is 1.39 bits per heavy atom. The number of amides is 1. The summed E-state index contributed by atoms with van der Waals surface area (Å²) in [6.07, 6.45) is -1.61. The fraction of sp³-hybridized carbons (Fsp3) is 0.500. The number of carbonyl (C=O) groups is 2. The van der Waals surface area contributed by atoms with Crippen LogP contribution in [0.3, 0.4) is 0 Å². The zero-order valence-corrected chi connectivity index (χ0v) is 13.2. The van der Waals surface area contributed by atoms with Gasteiger partial charge in [-0.1, -0.05) is 0 Å². The molecule has 0 aromatic carbocycles. The molecule has 1 aromatic heterocycles. The number of nitrogens with one attached hydrogen (secondary N) is 1. The zero-order chi connectivity index (χ0) is 17.8. The van der Waals surface area contributed by atoms with Crippen molar-refractivity contribution >= 4 is 18.1 Å². The van der Waals surface area contributed by atoms with E-state index in [0.29, 0.717) is 4.68 Å². The molecule has 0 spiro atoms. The molecule has 0 aliphatic rings. The Labute approximate surface area is 131 Å². The smallest absolute Gasteiger partial charge is 0.434 e. The Balaban J connectivity index is 3.23. The van der Waals surface area contributed by atoms with Gasteiger partial charge in [-0.3, -0.25) is 4.79 Å². The molecule has 128 valence electrons. The molecule has 23 heavy (non-hydrogen) atoms. The maximum atomic E-state index is 13.2. The van der Waals surface area contributed by atoms with E-state index >= 15 is 0 Å². The van der Waals surface area contributed by atoms with Gasteiger partial charge in [-0.05, 0) is 26.8 Å². The summed E-state index contributed by atoms with van der Waals surface area (Å²) in [5.74, 6) is -1.43. The minimum absolute atomic E-state index is 0.0489. The molecule has 0 unspecified atom stereocenters. The number of halogens is 3. The lowest BCUT2D eigenvalue weighted by molar-refractivity contribution is -0.143. The summed E-state index contributed by atoms with van der Waals surface area (Å²) in [5.41, 5.74) is -2.78. The Morgan fingerprint density at radius 3 is 2.48 bits per heavy atom. The topological polar surface area (TPSA) is 73.2 Å². The number of rotatable bonds is 5. The van der Waals surface area contributed by atoms with Crippen LogP contribution in [0.2, 0.25) is 0 Å². The van der Waals surface area contributed by atoms with Gasteiger partial charge in [0.1, 0.15) is 5.56 Å². The van der Waals surface area contributed by atoms with E-state index in [4.69, 9.17) is 0 Å². The fourth-order valence-electron chi connectivity index (χ4n) is 1.87. The van der Waals surface area contributed by atoms with Crippen LogP contribution in [-0.4, -0.2) is 33.8 Å². The van der Waals surface area contributed by atoms with E-state index in [1.54, 1.807) is 13.8 Å². The normalized spacial score (nSPS) is 12.5. The van der Waals surface area contributed by atoms with Gasteiger partial charge < -0.3 is 10.1 Å². The van der Waals surface area contributed by atoms with Gasteiger partial charge in [0.05, 0.1) is 18.3 Å². The van der Waals surface area contributed by atoms with Gasteiger partial charge in [-0.2, -0.15) is 18.3 Å². The number of ether oxygens (including phenoxy) is 1. The van der Waals surface area contributed by atoms with Crippen molar-refractivity contribution in [2.24, 2.45) is 0 Å². The van der Waals surface area contributed by atoms with E-state index in [1.165, 1.54) is 19.9 Å². The van der Waals surface area contributed by atoms with Gasteiger partial charge in [0.15, 0.2) is 5.69 Å². The van der Waals surface area contributed by atoms with Crippen LogP contribution in [-0.2, 0) is 15.7 Å². The molecular weight excluding hydrogens is 315 g/mol. The summed E-state index contributed by atoms with van der Waals surface area (Å²) in [6, 6.07) is 0. The second kappa shape index (κ2) is 6.84. The predicted molar refractivity (Wildman–Crippen MR) is 76.4 cm³/mol. The van der Waals surface area contributed by atoms with Crippen molar-refractivity contribution in [3.63, 3.8) is 0 Å². The average Bonchev–Trinajstić information content (AvgIpc) is 2.79. The number of esters is 1. The van der Waals surface area contributed by atoms with E-state index in [9.17, 15) is 22.8 Å². The van der Waals surface area contributed by atoms with Crippen LogP contribution in [0.5, 0.6) is 0 Å². The molecule has 1 aromatic rings. The van der Waals surface area contributed by atoms with Crippen LogP contribution in [0, 0.1) is 0 Å². The molecule has 1 amide bonds. The highest BCUT2D eigenvalue weighted by atomic mass is 19.4. The number of hydrogen-bond donors (Lipinski definition) is 1. The highest BCUT2D eigenvalue weighted by Gasteiger charge is 2.40. The Hall–Kier alpha value is -2.32. The minimum atomic E-state index is -4.79. The highest BCUT2D eigenvalue weighted by Crippen LogP contribution is 2.32. The lowest BCUT2D eigenvalue weighted by Gasteiger charge is -2.21. The van der Waals surface area contributed by atoms with E-state index in [1.807, 2.05) is 0 Å². The first kappa shape index (κ1) is 18.7.